The Hall–Kier alpha value is -2.01. The summed E-state index contributed by atoms with van der Waals surface area (Å²) in [6.45, 7) is 3.01. The van der Waals surface area contributed by atoms with Crippen LogP contribution in [0.2, 0.25) is 0 Å². The Kier molecular flexibility index (Phi) is 4.06. The van der Waals surface area contributed by atoms with Crippen LogP contribution in [0.5, 0.6) is 5.75 Å². The number of nitrogens with one attached hydrogen (secondary N) is 2. The molecule has 0 amide bonds. The van der Waals surface area contributed by atoms with Crippen LogP contribution in [0.25, 0.3) is 0 Å². The van der Waals surface area contributed by atoms with Gasteiger partial charge in [0, 0.05) is 12.6 Å². The van der Waals surface area contributed by atoms with Crippen LogP contribution < -0.4 is 21.1 Å². The first kappa shape index (κ1) is 13.4. The van der Waals surface area contributed by atoms with Crippen LogP contribution in [0.1, 0.15) is 18.9 Å². The lowest BCUT2D eigenvalue weighted by atomic mass is 9.99. The Balaban J connectivity index is 2.22. The number of hydrogen-bond acceptors (Lipinski definition) is 5. The second-order valence-electron chi connectivity index (χ2n) is 4.44. The van der Waals surface area contributed by atoms with Gasteiger partial charge in [0.2, 0.25) is 0 Å². The highest BCUT2D eigenvalue weighted by Crippen LogP contribution is 2.25. The van der Waals surface area contributed by atoms with Crippen molar-refractivity contribution < 1.29 is 4.74 Å². The third-order valence-electron chi connectivity index (χ3n) is 2.98. The normalized spacial score (nSPS) is 21.5. The van der Waals surface area contributed by atoms with E-state index in [4.69, 9.17) is 10.5 Å². The van der Waals surface area contributed by atoms with Gasteiger partial charge in [0.1, 0.15) is 11.6 Å². The van der Waals surface area contributed by atoms with Crippen molar-refractivity contribution >= 4 is 6.34 Å². The second kappa shape index (κ2) is 5.75. The summed E-state index contributed by atoms with van der Waals surface area (Å²) >= 11 is 0. The van der Waals surface area contributed by atoms with Crippen LogP contribution in [-0.4, -0.2) is 20.0 Å². The molecule has 0 bridgehead atoms. The van der Waals surface area contributed by atoms with Crippen molar-refractivity contribution in [1.82, 2.24) is 10.6 Å². The Labute approximate surface area is 113 Å². The number of ether oxygens (including phenoxy) is 1. The van der Waals surface area contributed by atoms with Gasteiger partial charge in [0.05, 0.1) is 13.4 Å². The van der Waals surface area contributed by atoms with E-state index in [1.165, 1.54) is 0 Å². The van der Waals surface area contributed by atoms with Gasteiger partial charge in [-0.25, -0.2) is 4.99 Å². The average molecular weight is 260 g/mol. The minimum atomic E-state index is -0.840. The van der Waals surface area contributed by atoms with E-state index in [1.54, 1.807) is 13.4 Å². The number of nitrogens with zero attached hydrogens (tertiary/aromatic N) is 1. The molecule has 4 N–H and O–H groups in total. The molecule has 1 aromatic carbocycles. The van der Waals surface area contributed by atoms with Crippen LogP contribution in [0.3, 0.4) is 0 Å². The first-order valence-electron chi connectivity index (χ1n) is 6.38. The van der Waals surface area contributed by atoms with E-state index in [-0.39, 0.29) is 0 Å². The van der Waals surface area contributed by atoms with E-state index in [2.05, 4.69) is 22.5 Å². The van der Waals surface area contributed by atoms with Crippen LogP contribution in [0.15, 0.2) is 41.2 Å². The van der Waals surface area contributed by atoms with E-state index in [0.29, 0.717) is 0 Å². The first-order valence-corrected chi connectivity index (χ1v) is 6.38. The summed E-state index contributed by atoms with van der Waals surface area (Å²) < 4.78 is 5.14. The summed E-state index contributed by atoms with van der Waals surface area (Å²) in [6, 6.07) is 7.62. The quantitative estimate of drug-likeness (QED) is 0.746. The molecule has 1 aliphatic rings. The molecule has 0 radical (unpaired) electrons. The topological polar surface area (TPSA) is 71.7 Å². The number of hydrogen-bond donors (Lipinski definition) is 3. The van der Waals surface area contributed by atoms with E-state index in [0.717, 1.165) is 30.1 Å². The average Bonchev–Trinajstić information content (AvgIpc) is 2.45. The van der Waals surface area contributed by atoms with Crippen molar-refractivity contribution in [1.29, 1.82) is 0 Å². The first-order chi connectivity index (χ1) is 9.18. The monoisotopic (exact) mass is 260 g/mol. The molecule has 1 aliphatic heterocycles. The van der Waals surface area contributed by atoms with E-state index < -0.39 is 5.66 Å². The number of aliphatic imine (C=N–C) groups is 1. The van der Waals surface area contributed by atoms with Crippen LogP contribution in [0, 0.1) is 0 Å². The Morgan fingerprint density at radius 3 is 2.74 bits per heavy atom. The number of rotatable bonds is 5. The molecule has 0 saturated heterocycles. The van der Waals surface area contributed by atoms with Gasteiger partial charge in [-0.2, -0.15) is 0 Å². The number of methoxy groups -OCH3 is 1. The molecule has 0 saturated carbocycles. The highest BCUT2D eigenvalue weighted by molar-refractivity contribution is 5.61. The molecule has 0 fully saturated rings. The largest absolute Gasteiger partial charge is 0.497 e. The van der Waals surface area contributed by atoms with Gasteiger partial charge in [-0.05, 0) is 24.1 Å². The summed E-state index contributed by atoms with van der Waals surface area (Å²) in [5.74, 6) is 1.69. The predicted molar refractivity (Wildman–Crippen MR) is 76.9 cm³/mol. The van der Waals surface area contributed by atoms with Crippen LogP contribution in [0.4, 0.5) is 0 Å². The fourth-order valence-corrected chi connectivity index (χ4v) is 1.89. The second-order valence-corrected chi connectivity index (χ2v) is 4.44. The van der Waals surface area contributed by atoms with Gasteiger partial charge in [0.15, 0.2) is 5.66 Å². The molecule has 1 unspecified atom stereocenters. The van der Waals surface area contributed by atoms with Crippen molar-refractivity contribution in [2.45, 2.75) is 19.0 Å². The summed E-state index contributed by atoms with van der Waals surface area (Å²) in [5, 5.41) is 6.33. The summed E-state index contributed by atoms with van der Waals surface area (Å²) in [7, 11) is 1.64. The van der Waals surface area contributed by atoms with Gasteiger partial charge >= 0.3 is 0 Å². The lowest BCUT2D eigenvalue weighted by Crippen LogP contribution is -2.41. The Morgan fingerprint density at radius 1 is 1.37 bits per heavy atom. The molecular formula is C14H20N4O. The summed E-state index contributed by atoms with van der Waals surface area (Å²) in [5.41, 5.74) is 6.42. The summed E-state index contributed by atoms with van der Waals surface area (Å²) in [6.07, 6.45) is 4.57. The smallest absolute Gasteiger partial charge is 0.158 e. The molecule has 5 nitrogen and oxygen atoms in total. The van der Waals surface area contributed by atoms with Gasteiger partial charge in [0.25, 0.3) is 0 Å². The standard InChI is InChI=1S/C14H20N4O/c1-3-8-16-13-9-14(15,18-10-17-13)11-4-6-12(19-2)7-5-11/h4-7,9-10,16H,3,8,15H2,1-2H3,(H,17,18). The molecule has 1 aromatic rings. The minimum Gasteiger partial charge on any atom is -0.497 e. The fraction of sp³-hybridized carbons (Fsp3) is 0.357. The third-order valence-corrected chi connectivity index (χ3v) is 2.98. The molecule has 0 spiro atoms. The fourth-order valence-electron chi connectivity index (χ4n) is 1.89. The van der Waals surface area contributed by atoms with Gasteiger partial charge < -0.3 is 15.4 Å². The molecule has 19 heavy (non-hydrogen) atoms. The Morgan fingerprint density at radius 2 is 2.11 bits per heavy atom. The number of benzene rings is 1. The van der Waals surface area contributed by atoms with E-state index >= 15 is 0 Å². The van der Waals surface area contributed by atoms with Crippen molar-refractivity contribution in [3.8, 4) is 5.75 Å². The van der Waals surface area contributed by atoms with Gasteiger partial charge in [-0.15, -0.1) is 0 Å². The molecule has 1 atom stereocenters. The Bertz CT molecular complexity index is 481. The van der Waals surface area contributed by atoms with Crippen molar-refractivity contribution in [2.75, 3.05) is 13.7 Å². The van der Waals surface area contributed by atoms with Crippen molar-refractivity contribution in [3.63, 3.8) is 0 Å². The zero-order valence-electron chi connectivity index (χ0n) is 11.3. The van der Waals surface area contributed by atoms with Crippen molar-refractivity contribution in [2.24, 2.45) is 10.7 Å². The summed E-state index contributed by atoms with van der Waals surface area (Å²) in [4.78, 5) is 4.33. The van der Waals surface area contributed by atoms with Gasteiger partial charge in [-0.1, -0.05) is 19.1 Å². The number of nitrogens with two attached hydrogens (primary N) is 1. The molecule has 102 valence electrons. The lowest BCUT2D eigenvalue weighted by Gasteiger charge is -2.27. The lowest BCUT2D eigenvalue weighted by molar-refractivity contribution is 0.414. The van der Waals surface area contributed by atoms with E-state index in [9.17, 15) is 0 Å². The molecular weight excluding hydrogens is 240 g/mol. The maximum absolute atomic E-state index is 6.34. The highest BCUT2D eigenvalue weighted by atomic mass is 16.5. The minimum absolute atomic E-state index is 0.804. The zero-order chi connectivity index (χ0) is 13.7. The predicted octanol–water partition coefficient (Wildman–Crippen LogP) is 1.28. The van der Waals surface area contributed by atoms with Crippen LogP contribution >= 0.6 is 0 Å². The molecule has 1 heterocycles. The maximum Gasteiger partial charge on any atom is 0.158 e. The highest BCUT2D eigenvalue weighted by Gasteiger charge is 2.26. The zero-order valence-corrected chi connectivity index (χ0v) is 11.3. The van der Waals surface area contributed by atoms with Crippen molar-refractivity contribution in [3.05, 3.63) is 41.7 Å². The third kappa shape index (κ3) is 3.06. The van der Waals surface area contributed by atoms with Crippen LogP contribution in [-0.2, 0) is 5.66 Å². The molecule has 0 aliphatic carbocycles. The molecule has 5 heteroatoms. The van der Waals surface area contributed by atoms with E-state index in [1.807, 2.05) is 30.3 Å². The van der Waals surface area contributed by atoms with Gasteiger partial charge in [-0.3, -0.25) is 5.73 Å². The maximum atomic E-state index is 6.34. The SMILES string of the molecule is CCCNC1=CC(N)(c2ccc(OC)cc2)N=CN1. The molecule has 0 aromatic heterocycles. The molecule has 2 rings (SSSR count).